The maximum atomic E-state index is 11.4. The van der Waals surface area contributed by atoms with Crippen molar-refractivity contribution in [1.82, 2.24) is 10.4 Å². The third kappa shape index (κ3) is 5.71. The molecule has 1 aliphatic heterocycles. The summed E-state index contributed by atoms with van der Waals surface area (Å²) in [7, 11) is 0. The van der Waals surface area contributed by atoms with E-state index in [1.165, 1.54) is 0 Å². The van der Waals surface area contributed by atoms with Crippen molar-refractivity contribution < 1.29 is 14.3 Å². The van der Waals surface area contributed by atoms with Crippen LogP contribution in [0.25, 0.3) is 0 Å². The molecule has 0 saturated carbocycles. The zero-order valence-corrected chi connectivity index (χ0v) is 9.71. The lowest BCUT2D eigenvalue weighted by atomic mass is 10.2. The smallest absolute Gasteiger partial charge is 0.321 e. The summed E-state index contributed by atoms with van der Waals surface area (Å²) in [5.74, 6) is -0.228. The molecule has 0 unspecified atom stereocenters. The number of morpholine rings is 1. The predicted octanol–water partition coefficient (Wildman–Crippen LogP) is 0.165. The first-order chi connectivity index (χ1) is 6.97. The largest absolute Gasteiger partial charge is 0.459 e. The quantitative estimate of drug-likeness (QED) is 0.681. The van der Waals surface area contributed by atoms with E-state index in [0.717, 1.165) is 13.1 Å². The predicted molar refractivity (Wildman–Crippen MR) is 56.2 cm³/mol. The van der Waals surface area contributed by atoms with Gasteiger partial charge in [0.25, 0.3) is 0 Å². The molecule has 1 saturated heterocycles. The second-order valence-electron chi connectivity index (χ2n) is 4.52. The topological polar surface area (TPSA) is 50.8 Å². The van der Waals surface area contributed by atoms with Crippen LogP contribution in [-0.4, -0.2) is 49.4 Å². The lowest BCUT2D eigenvalue weighted by Gasteiger charge is -2.27. The van der Waals surface area contributed by atoms with E-state index in [1.807, 2.05) is 25.8 Å². The lowest BCUT2D eigenvalue weighted by molar-refractivity contribution is -0.155. The Balaban J connectivity index is 2.15. The molecule has 1 N–H and O–H groups in total. The molecule has 5 heteroatoms. The van der Waals surface area contributed by atoms with Crippen molar-refractivity contribution in [2.45, 2.75) is 26.4 Å². The maximum Gasteiger partial charge on any atom is 0.321 e. The minimum absolute atomic E-state index is 0.220. The summed E-state index contributed by atoms with van der Waals surface area (Å²) in [5.41, 5.74) is 2.61. The second-order valence-corrected chi connectivity index (χ2v) is 4.52. The zero-order chi connectivity index (χ0) is 11.3. The van der Waals surface area contributed by atoms with Crippen molar-refractivity contribution in [3.05, 3.63) is 0 Å². The average molecular weight is 216 g/mol. The van der Waals surface area contributed by atoms with Gasteiger partial charge >= 0.3 is 5.97 Å². The van der Waals surface area contributed by atoms with Gasteiger partial charge in [-0.15, -0.1) is 0 Å². The Morgan fingerprint density at radius 1 is 1.40 bits per heavy atom. The molecular formula is C10H20N2O3. The molecule has 1 aliphatic rings. The highest BCUT2D eigenvalue weighted by Gasteiger charge is 2.17. The van der Waals surface area contributed by atoms with Gasteiger partial charge in [-0.25, -0.2) is 10.4 Å². The fraction of sp³-hybridized carbons (Fsp3) is 0.900. The van der Waals surface area contributed by atoms with Crippen molar-refractivity contribution in [1.29, 1.82) is 0 Å². The van der Waals surface area contributed by atoms with E-state index in [-0.39, 0.29) is 12.5 Å². The molecule has 1 fully saturated rings. The van der Waals surface area contributed by atoms with Gasteiger partial charge < -0.3 is 9.47 Å². The number of nitrogens with zero attached hydrogens (tertiary/aromatic N) is 1. The number of nitrogens with one attached hydrogen (secondary N) is 1. The minimum Gasteiger partial charge on any atom is -0.459 e. The average Bonchev–Trinajstić information content (AvgIpc) is 2.14. The van der Waals surface area contributed by atoms with E-state index in [0.29, 0.717) is 13.2 Å². The van der Waals surface area contributed by atoms with Crippen LogP contribution in [-0.2, 0) is 14.3 Å². The summed E-state index contributed by atoms with van der Waals surface area (Å²) in [6, 6.07) is 0. The highest BCUT2D eigenvalue weighted by Crippen LogP contribution is 2.06. The number of hydrazine groups is 1. The molecule has 0 bridgehead atoms. The van der Waals surface area contributed by atoms with Gasteiger partial charge in [0.05, 0.1) is 13.2 Å². The van der Waals surface area contributed by atoms with Crippen LogP contribution in [0.1, 0.15) is 20.8 Å². The SMILES string of the molecule is CC(C)(C)OC(=O)CNN1CCOCC1. The Hall–Kier alpha value is -0.650. The number of hydrogen-bond acceptors (Lipinski definition) is 5. The molecule has 0 amide bonds. The van der Waals surface area contributed by atoms with Crippen LogP contribution in [0.15, 0.2) is 0 Å². The van der Waals surface area contributed by atoms with E-state index in [9.17, 15) is 4.79 Å². The highest BCUT2D eigenvalue weighted by atomic mass is 16.6. The number of carbonyl (C=O) groups is 1. The third-order valence-electron chi connectivity index (χ3n) is 1.88. The van der Waals surface area contributed by atoms with Crippen molar-refractivity contribution in [3.8, 4) is 0 Å². The van der Waals surface area contributed by atoms with Crippen LogP contribution in [0.2, 0.25) is 0 Å². The Kier molecular flexibility index (Phi) is 4.50. The van der Waals surface area contributed by atoms with E-state index >= 15 is 0 Å². The Bertz CT molecular complexity index is 207. The maximum absolute atomic E-state index is 11.4. The van der Waals surface area contributed by atoms with Crippen molar-refractivity contribution in [2.75, 3.05) is 32.8 Å². The number of esters is 1. The van der Waals surface area contributed by atoms with Gasteiger partial charge in [-0.05, 0) is 20.8 Å². The molecule has 1 heterocycles. The van der Waals surface area contributed by atoms with Crippen LogP contribution in [0, 0.1) is 0 Å². The summed E-state index contributed by atoms with van der Waals surface area (Å²) >= 11 is 0. The summed E-state index contributed by atoms with van der Waals surface area (Å²) < 4.78 is 10.4. The van der Waals surface area contributed by atoms with E-state index in [4.69, 9.17) is 9.47 Å². The standard InChI is InChI=1S/C10H20N2O3/c1-10(2,3)15-9(13)8-11-12-4-6-14-7-5-12/h11H,4-8H2,1-3H3. The molecule has 0 atom stereocenters. The fourth-order valence-electron chi connectivity index (χ4n) is 1.28. The molecule has 88 valence electrons. The van der Waals surface area contributed by atoms with E-state index in [2.05, 4.69) is 5.43 Å². The molecule has 0 aromatic rings. The van der Waals surface area contributed by atoms with Gasteiger partial charge in [0.1, 0.15) is 12.1 Å². The van der Waals surface area contributed by atoms with Crippen LogP contribution in [0.3, 0.4) is 0 Å². The monoisotopic (exact) mass is 216 g/mol. The summed E-state index contributed by atoms with van der Waals surface area (Å²) in [4.78, 5) is 11.4. The molecule has 0 aromatic carbocycles. The summed E-state index contributed by atoms with van der Waals surface area (Å²) in [6.45, 7) is 8.84. The molecule has 15 heavy (non-hydrogen) atoms. The lowest BCUT2D eigenvalue weighted by Crippen LogP contribution is -2.48. The van der Waals surface area contributed by atoms with Gasteiger partial charge in [-0.3, -0.25) is 4.79 Å². The van der Waals surface area contributed by atoms with Gasteiger partial charge in [0.2, 0.25) is 0 Å². The molecular weight excluding hydrogens is 196 g/mol. The van der Waals surface area contributed by atoms with Gasteiger partial charge in [0, 0.05) is 13.1 Å². The highest BCUT2D eigenvalue weighted by molar-refractivity contribution is 5.71. The third-order valence-corrected chi connectivity index (χ3v) is 1.88. The molecule has 0 spiro atoms. The van der Waals surface area contributed by atoms with Crippen LogP contribution in [0.5, 0.6) is 0 Å². The second kappa shape index (κ2) is 5.44. The van der Waals surface area contributed by atoms with Gasteiger partial charge in [-0.1, -0.05) is 0 Å². The van der Waals surface area contributed by atoms with Gasteiger partial charge in [0.15, 0.2) is 0 Å². The molecule has 5 nitrogen and oxygen atoms in total. The molecule has 0 aromatic heterocycles. The Morgan fingerprint density at radius 2 is 2.00 bits per heavy atom. The zero-order valence-electron chi connectivity index (χ0n) is 9.71. The Morgan fingerprint density at radius 3 is 2.53 bits per heavy atom. The van der Waals surface area contributed by atoms with E-state index in [1.54, 1.807) is 0 Å². The van der Waals surface area contributed by atoms with Crippen LogP contribution >= 0.6 is 0 Å². The fourth-order valence-corrected chi connectivity index (χ4v) is 1.28. The first-order valence-electron chi connectivity index (χ1n) is 5.25. The number of hydrogen-bond donors (Lipinski definition) is 1. The van der Waals surface area contributed by atoms with E-state index < -0.39 is 5.60 Å². The normalized spacial score (nSPS) is 18.9. The van der Waals surface area contributed by atoms with Crippen LogP contribution < -0.4 is 5.43 Å². The van der Waals surface area contributed by atoms with Crippen molar-refractivity contribution in [3.63, 3.8) is 0 Å². The van der Waals surface area contributed by atoms with Crippen LogP contribution in [0.4, 0.5) is 0 Å². The van der Waals surface area contributed by atoms with Crippen molar-refractivity contribution in [2.24, 2.45) is 0 Å². The molecule has 0 radical (unpaired) electrons. The van der Waals surface area contributed by atoms with Gasteiger partial charge in [-0.2, -0.15) is 0 Å². The first-order valence-corrected chi connectivity index (χ1v) is 5.25. The van der Waals surface area contributed by atoms with Crippen molar-refractivity contribution >= 4 is 5.97 Å². The Labute approximate surface area is 90.7 Å². The summed E-state index contributed by atoms with van der Waals surface area (Å²) in [5, 5.41) is 1.98. The molecule has 0 aliphatic carbocycles. The first kappa shape index (κ1) is 12.4. The number of ether oxygens (including phenoxy) is 2. The molecule has 1 rings (SSSR count). The summed E-state index contributed by atoms with van der Waals surface area (Å²) in [6.07, 6.45) is 0. The number of carbonyl (C=O) groups excluding carboxylic acids is 1. The minimum atomic E-state index is -0.413. The number of rotatable bonds is 3.